The van der Waals surface area contributed by atoms with Crippen molar-refractivity contribution in [2.24, 2.45) is 0 Å². The largest absolute Gasteiger partial charge is 0.482 e. The van der Waals surface area contributed by atoms with Gasteiger partial charge in [0.1, 0.15) is 11.3 Å². The summed E-state index contributed by atoms with van der Waals surface area (Å²) in [5, 5.41) is 4.19. The summed E-state index contributed by atoms with van der Waals surface area (Å²) in [7, 11) is 0. The Kier molecular flexibility index (Phi) is 4.47. The van der Waals surface area contributed by atoms with Gasteiger partial charge in [0, 0.05) is 0 Å². The second-order valence-corrected chi connectivity index (χ2v) is 6.22. The molecule has 3 rings (SSSR count). The van der Waals surface area contributed by atoms with E-state index in [1.54, 1.807) is 30.3 Å². The van der Waals surface area contributed by atoms with Gasteiger partial charge >= 0.3 is 0 Å². The van der Waals surface area contributed by atoms with E-state index in [1.807, 2.05) is 12.1 Å². The first kappa shape index (κ1) is 15.1. The van der Waals surface area contributed by atoms with Crippen LogP contribution >= 0.6 is 34.5 Å². The second-order valence-electron chi connectivity index (χ2n) is 4.37. The van der Waals surface area contributed by atoms with Crippen LogP contribution in [0.5, 0.6) is 5.75 Å². The second kappa shape index (κ2) is 6.52. The molecule has 0 atom stereocenters. The quantitative estimate of drug-likeness (QED) is 0.745. The van der Waals surface area contributed by atoms with Crippen LogP contribution in [-0.4, -0.2) is 17.5 Å². The molecule has 1 amide bonds. The zero-order valence-electron chi connectivity index (χ0n) is 11.2. The van der Waals surface area contributed by atoms with Crippen LogP contribution in [-0.2, 0) is 4.79 Å². The van der Waals surface area contributed by atoms with Gasteiger partial charge in [-0.2, -0.15) is 0 Å². The van der Waals surface area contributed by atoms with E-state index >= 15 is 0 Å². The van der Waals surface area contributed by atoms with Crippen molar-refractivity contribution in [3.63, 3.8) is 0 Å². The fourth-order valence-corrected chi connectivity index (χ4v) is 3.20. The van der Waals surface area contributed by atoms with Gasteiger partial charge in [0.2, 0.25) is 0 Å². The Balaban J connectivity index is 1.66. The lowest BCUT2D eigenvalue weighted by Gasteiger charge is -2.06. The van der Waals surface area contributed by atoms with E-state index in [4.69, 9.17) is 27.9 Å². The number of thiazole rings is 1. The number of anilines is 1. The lowest BCUT2D eigenvalue weighted by Crippen LogP contribution is -2.20. The van der Waals surface area contributed by atoms with Crippen LogP contribution in [0.4, 0.5) is 5.13 Å². The van der Waals surface area contributed by atoms with E-state index in [1.165, 1.54) is 11.3 Å². The highest BCUT2D eigenvalue weighted by Gasteiger charge is 2.11. The molecule has 112 valence electrons. The number of nitrogens with one attached hydrogen (secondary N) is 1. The van der Waals surface area contributed by atoms with E-state index < -0.39 is 0 Å². The summed E-state index contributed by atoms with van der Waals surface area (Å²) < 4.78 is 6.29. The molecule has 0 fully saturated rings. The number of benzene rings is 2. The van der Waals surface area contributed by atoms with Crippen molar-refractivity contribution >= 4 is 55.8 Å². The number of carbonyl (C=O) groups excluding carboxylic acids is 1. The number of amides is 1. The lowest BCUT2D eigenvalue weighted by atomic mass is 10.3. The predicted octanol–water partition coefficient (Wildman–Crippen LogP) is 4.62. The van der Waals surface area contributed by atoms with Gasteiger partial charge in [0.05, 0.1) is 14.7 Å². The number of hydrogen-bond donors (Lipinski definition) is 1. The number of para-hydroxylation sites is 2. The standard InChI is InChI=1S/C15H10Cl2N2O2S/c16-9-4-1-2-6-11(9)21-8-13(20)18-15-19-14-10(17)5-3-7-12(14)22-15/h1-7H,8H2,(H,18,19,20). The first-order chi connectivity index (χ1) is 10.6. The van der Waals surface area contributed by atoms with Gasteiger partial charge in [-0.3, -0.25) is 10.1 Å². The maximum atomic E-state index is 11.9. The van der Waals surface area contributed by atoms with E-state index in [9.17, 15) is 4.79 Å². The Bertz CT molecular complexity index is 835. The molecule has 7 heteroatoms. The minimum atomic E-state index is -0.310. The number of fused-ring (bicyclic) bond motifs is 1. The highest BCUT2D eigenvalue weighted by molar-refractivity contribution is 7.22. The van der Waals surface area contributed by atoms with E-state index in [-0.39, 0.29) is 12.5 Å². The molecule has 0 aliphatic carbocycles. The average molecular weight is 353 g/mol. The van der Waals surface area contributed by atoms with Crippen LogP contribution in [0.25, 0.3) is 10.2 Å². The van der Waals surface area contributed by atoms with E-state index in [0.717, 1.165) is 4.70 Å². The Morgan fingerprint density at radius 3 is 2.68 bits per heavy atom. The number of rotatable bonds is 4. The van der Waals surface area contributed by atoms with Crippen LogP contribution in [0.15, 0.2) is 42.5 Å². The number of aromatic nitrogens is 1. The van der Waals surface area contributed by atoms with Crippen molar-refractivity contribution in [2.45, 2.75) is 0 Å². The third kappa shape index (κ3) is 3.32. The summed E-state index contributed by atoms with van der Waals surface area (Å²) in [6.45, 7) is -0.145. The smallest absolute Gasteiger partial charge is 0.264 e. The summed E-state index contributed by atoms with van der Waals surface area (Å²) in [6, 6.07) is 12.5. The van der Waals surface area contributed by atoms with Gasteiger partial charge < -0.3 is 4.74 Å². The van der Waals surface area contributed by atoms with Gasteiger partial charge in [0.25, 0.3) is 5.91 Å². The van der Waals surface area contributed by atoms with Gasteiger partial charge in [0.15, 0.2) is 11.7 Å². The summed E-state index contributed by atoms with van der Waals surface area (Å²) in [4.78, 5) is 16.2. The third-order valence-electron chi connectivity index (χ3n) is 2.81. The molecule has 1 aromatic heterocycles. The highest BCUT2D eigenvalue weighted by Crippen LogP contribution is 2.30. The average Bonchev–Trinajstić information content (AvgIpc) is 2.90. The number of nitrogens with zero attached hydrogens (tertiary/aromatic N) is 1. The first-order valence-corrected chi connectivity index (χ1v) is 7.93. The van der Waals surface area contributed by atoms with Gasteiger partial charge in [-0.25, -0.2) is 4.98 Å². The molecule has 0 aliphatic heterocycles. The van der Waals surface area contributed by atoms with Crippen LogP contribution in [0.3, 0.4) is 0 Å². The normalized spacial score (nSPS) is 10.6. The number of hydrogen-bond acceptors (Lipinski definition) is 4. The summed E-state index contributed by atoms with van der Waals surface area (Å²) in [6.07, 6.45) is 0. The van der Waals surface area contributed by atoms with E-state index in [0.29, 0.717) is 26.4 Å². The molecule has 0 saturated heterocycles. The molecule has 3 aromatic rings. The predicted molar refractivity (Wildman–Crippen MR) is 90.2 cm³/mol. The molecular formula is C15H10Cl2N2O2S. The third-order valence-corrected chi connectivity index (χ3v) is 4.36. The van der Waals surface area contributed by atoms with Gasteiger partial charge in [-0.15, -0.1) is 0 Å². The molecular weight excluding hydrogens is 343 g/mol. The van der Waals surface area contributed by atoms with Gasteiger partial charge in [-0.1, -0.05) is 52.7 Å². The van der Waals surface area contributed by atoms with Crippen molar-refractivity contribution in [3.05, 3.63) is 52.5 Å². The molecule has 1 N–H and O–H groups in total. The molecule has 4 nitrogen and oxygen atoms in total. The van der Waals surface area contributed by atoms with E-state index in [2.05, 4.69) is 10.3 Å². The van der Waals surface area contributed by atoms with Crippen molar-refractivity contribution in [2.75, 3.05) is 11.9 Å². The fraction of sp³-hybridized carbons (Fsp3) is 0.0667. The van der Waals surface area contributed by atoms with Crippen molar-refractivity contribution in [1.82, 2.24) is 4.98 Å². The number of halogens is 2. The minimum Gasteiger partial charge on any atom is -0.482 e. The van der Waals surface area contributed by atoms with Crippen molar-refractivity contribution < 1.29 is 9.53 Å². The first-order valence-electron chi connectivity index (χ1n) is 6.36. The highest BCUT2D eigenvalue weighted by atomic mass is 35.5. The maximum Gasteiger partial charge on any atom is 0.264 e. The Labute approximate surface area is 140 Å². The lowest BCUT2D eigenvalue weighted by molar-refractivity contribution is -0.118. The molecule has 0 bridgehead atoms. The zero-order valence-corrected chi connectivity index (χ0v) is 13.5. The molecule has 2 aromatic carbocycles. The Morgan fingerprint density at radius 1 is 1.14 bits per heavy atom. The summed E-state index contributed by atoms with van der Waals surface area (Å²) >= 11 is 13.4. The number of carbonyl (C=O) groups is 1. The minimum absolute atomic E-state index is 0.145. The van der Waals surface area contributed by atoms with Crippen LogP contribution in [0.1, 0.15) is 0 Å². The topological polar surface area (TPSA) is 51.2 Å². The Hall–Kier alpha value is -1.82. The molecule has 0 unspecified atom stereocenters. The van der Waals surface area contributed by atoms with Crippen molar-refractivity contribution in [3.8, 4) is 5.75 Å². The maximum absolute atomic E-state index is 11.9. The Morgan fingerprint density at radius 2 is 1.91 bits per heavy atom. The molecule has 22 heavy (non-hydrogen) atoms. The SMILES string of the molecule is O=C(COc1ccccc1Cl)Nc1nc2c(Cl)cccc2s1. The van der Waals surface area contributed by atoms with Crippen LogP contribution in [0, 0.1) is 0 Å². The van der Waals surface area contributed by atoms with Crippen LogP contribution < -0.4 is 10.1 Å². The molecule has 0 radical (unpaired) electrons. The molecule has 0 aliphatic rings. The summed E-state index contributed by atoms with van der Waals surface area (Å²) in [5.41, 5.74) is 0.677. The molecule has 0 spiro atoms. The zero-order chi connectivity index (χ0) is 15.5. The molecule has 0 saturated carbocycles. The molecule has 1 heterocycles. The van der Waals surface area contributed by atoms with Crippen LogP contribution in [0.2, 0.25) is 10.0 Å². The van der Waals surface area contributed by atoms with Crippen molar-refractivity contribution in [1.29, 1.82) is 0 Å². The monoisotopic (exact) mass is 352 g/mol. The van der Waals surface area contributed by atoms with Gasteiger partial charge in [-0.05, 0) is 24.3 Å². The number of ether oxygens (including phenoxy) is 1. The summed E-state index contributed by atoms with van der Waals surface area (Å²) in [5.74, 6) is 0.154. The fourth-order valence-electron chi connectivity index (χ4n) is 1.83.